The predicted molar refractivity (Wildman–Crippen MR) is 107 cm³/mol. The summed E-state index contributed by atoms with van der Waals surface area (Å²) in [4.78, 5) is 25.8. The van der Waals surface area contributed by atoms with Crippen LogP contribution in [0.5, 0.6) is 5.75 Å². The van der Waals surface area contributed by atoms with E-state index in [-0.39, 0.29) is 18.3 Å². The molecule has 0 aliphatic carbocycles. The maximum atomic E-state index is 12.6. The van der Waals surface area contributed by atoms with Gasteiger partial charge in [-0.2, -0.15) is 0 Å². The van der Waals surface area contributed by atoms with Crippen LogP contribution >= 0.6 is 15.9 Å². The smallest absolute Gasteiger partial charge is 0.307 e. The fourth-order valence-electron chi connectivity index (χ4n) is 2.55. The van der Waals surface area contributed by atoms with Crippen molar-refractivity contribution in [2.45, 2.75) is 25.8 Å². The Morgan fingerprint density at radius 2 is 1.70 bits per heavy atom. The second-order valence-electron chi connectivity index (χ2n) is 6.01. The van der Waals surface area contributed by atoms with E-state index in [2.05, 4.69) is 20.7 Å². The largest absolute Gasteiger partial charge is 0.492 e. The Kier molecular flexibility index (Phi) is 8.84. The van der Waals surface area contributed by atoms with Crippen molar-refractivity contribution >= 4 is 27.8 Å². The molecule has 0 aliphatic rings. The first-order valence-electron chi connectivity index (χ1n) is 8.86. The lowest BCUT2D eigenvalue weighted by atomic mass is 10.2. The molecule has 2 aromatic rings. The number of carbonyl (C=O) groups is 2. The topological polar surface area (TPSA) is 55.8 Å². The number of nitrogens with zero attached hydrogens (tertiary/aromatic N) is 1. The molecule has 0 aliphatic heterocycles. The number of para-hydroxylation sites is 1. The Morgan fingerprint density at radius 1 is 1.00 bits per heavy atom. The third-order valence-electron chi connectivity index (χ3n) is 4.01. The number of ether oxygens (including phenoxy) is 2. The lowest BCUT2D eigenvalue weighted by Gasteiger charge is -2.22. The fraction of sp³-hybridized carbons (Fsp3) is 0.333. The van der Waals surface area contributed by atoms with Gasteiger partial charge in [-0.05, 0) is 40.0 Å². The Bertz CT molecular complexity index is 736. The van der Waals surface area contributed by atoms with E-state index in [1.54, 1.807) is 4.90 Å². The molecular weight excluding hydrogens is 410 g/mol. The average Bonchev–Trinajstić information content (AvgIpc) is 2.70. The van der Waals surface area contributed by atoms with Crippen molar-refractivity contribution in [3.05, 3.63) is 64.6 Å². The zero-order valence-electron chi connectivity index (χ0n) is 15.4. The van der Waals surface area contributed by atoms with Crippen molar-refractivity contribution in [3.63, 3.8) is 0 Å². The number of halogens is 1. The first-order valence-corrected chi connectivity index (χ1v) is 9.65. The number of methoxy groups -OCH3 is 1. The van der Waals surface area contributed by atoms with Crippen LogP contribution in [0.4, 0.5) is 0 Å². The van der Waals surface area contributed by atoms with Gasteiger partial charge in [0.25, 0.3) is 0 Å². The molecule has 2 rings (SSSR count). The van der Waals surface area contributed by atoms with Gasteiger partial charge in [-0.25, -0.2) is 0 Å². The van der Waals surface area contributed by atoms with Crippen molar-refractivity contribution in [2.75, 3.05) is 20.3 Å². The highest BCUT2D eigenvalue weighted by atomic mass is 79.9. The maximum absolute atomic E-state index is 12.6. The van der Waals surface area contributed by atoms with Gasteiger partial charge in [0.2, 0.25) is 5.91 Å². The average molecular weight is 434 g/mol. The molecule has 1 amide bonds. The summed E-state index contributed by atoms with van der Waals surface area (Å²) in [6.45, 7) is 1.26. The molecule has 5 nitrogen and oxygen atoms in total. The monoisotopic (exact) mass is 433 g/mol. The lowest BCUT2D eigenvalue weighted by molar-refractivity contribution is -0.142. The third-order valence-corrected chi connectivity index (χ3v) is 4.67. The number of carbonyl (C=O) groups excluding carboxylic acids is 2. The van der Waals surface area contributed by atoms with Crippen LogP contribution in [0.1, 0.15) is 24.8 Å². The van der Waals surface area contributed by atoms with Gasteiger partial charge in [0, 0.05) is 19.5 Å². The minimum absolute atomic E-state index is 0.00140. The Hall–Kier alpha value is -2.34. The Labute approximate surface area is 168 Å². The first kappa shape index (κ1) is 21.0. The molecule has 0 fully saturated rings. The minimum Gasteiger partial charge on any atom is -0.492 e. The molecule has 0 bridgehead atoms. The second-order valence-corrected chi connectivity index (χ2v) is 6.86. The molecule has 144 valence electrons. The van der Waals surface area contributed by atoms with Crippen LogP contribution in [0.3, 0.4) is 0 Å². The van der Waals surface area contributed by atoms with E-state index in [1.165, 1.54) is 7.11 Å². The highest BCUT2D eigenvalue weighted by molar-refractivity contribution is 9.10. The third kappa shape index (κ3) is 7.43. The fourth-order valence-corrected chi connectivity index (χ4v) is 2.95. The second kappa shape index (κ2) is 11.4. The zero-order chi connectivity index (χ0) is 19.5. The molecule has 0 saturated heterocycles. The number of hydrogen-bond acceptors (Lipinski definition) is 4. The van der Waals surface area contributed by atoms with Crippen LogP contribution in [0.25, 0.3) is 0 Å². The van der Waals surface area contributed by atoms with Crippen LogP contribution in [0.15, 0.2) is 59.1 Å². The molecule has 6 heteroatoms. The summed E-state index contributed by atoms with van der Waals surface area (Å²) in [5.41, 5.74) is 1.03. The Morgan fingerprint density at radius 3 is 2.41 bits per heavy atom. The number of benzene rings is 2. The van der Waals surface area contributed by atoms with Gasteiger partial charge < -0.3 is 14.4 Å². The summed E-state index contributed by atoms with van der Waals surface area (Å²) >= 11 is 3.43. The van der Waals surface area contributed by atoms with E-state index in [0.717, 1.165) is 15.8 Å². The predicted octanol–water partition coefficient (Wildman–Crippen LogP) is 4.20. The Balaban J connectivity index is 1.86. The maximum Gasteiger partial charge on any atom is 0.307 e. The van der Waals surface area contributed by atoms with Crippen molar-refractivity contribution in [1.29, 1.82) is 0 Å². The molecule has 0 spiro atoms. The summed E-state index contributed by atoms with van der Waals surface area (Å²) < 4.78 is 11.3. The summed E-state index contributed by atoms with van der Waals surface area (Å²) in [5.74, 6) is 0.438. The summed E-state index contributed by atoms with van der Waals surface area (Å²) in [6.07, 6.45) is 1.14. The first-order chi connectivity index (χ1) is 13.1. The van der Waals surface area contributed by atoms with E-state index in [1.807, 2.05) is 54.6 Å². The lowest BCUT2D eigenvalue weighted by Crippen LogP contribution is -2.32. The van der Waals surface area contributed by atoms with Crippen molar-refractivity contribution in [3.8, 4) is 5.75 Å². The van der Waals surface area contributed by atoms with Gasteiger partial charge in [0.1, 0.15) is 5.75 Å². The van der Waals surface area contributed by atoms with Gasteiger partial charge >= 0.3 is 5.97 Å². The molecule has 0 atom stereocenters. The SMILES string of the molecule is COC(=O)CCN(Cc1ccccc1)C(=O)CCCOc1ccccc1Br. The van der Waals surface area contributed by atoms with Crippen LogP contribution < -0.4 is 4.74 Å². The molecule has 0 saturated carbocycles. The van der Waals surface area contributed by atoms with E-state index in [0.29, 0.717) is 32.5 Å². The highest BCUT2D eigenvalue weighted by Crippen LogP contribution is 2.23. The van der Waals surface area contributed by atoms with Gasteiger partial charge in [0.05, 0.1) is 24.6 Å². The molecule has 0 heterocycles. The molecule has 0 unspecified atom stereocenters. The molecule has 0 N–H and O–H groups in total. The van der Waals surface area contributed by atoms with Gasteiger partial charge in [-0.15, -0.1) is 0 Å². The molecule has 27 heavy (non-hydrogen) atoms. The van der Waals surface area contributed by atoms with E-state index < -0.39 is 0 Å². The number of rotatable bonds is 10. The van der Waals surface area contributed by atoms with Crippen LogP contribution in [-0.4, -0.2) is 37.0 Å². The van der Waals surface area contributed by atoms with Crippen molar-refractivity contribution < 1.29 is 19.1 Å². The van der Waals surface area contributed by atoms with Gasteiger partial charge in [-0.3, -0.25) is 9.59 Å². The standard InChI is InChI=1S/C21H24BrNO4/c1-26-21(25)13-14-23(16-17-8-3-2-4-9-17)20(24)12-7-15-27-19-11-6-5-10-18(19)22/h2-6,8-11H,7,12-16H2,1H3. The zero-order valence-corrected chi connectivity index (χ0v) is 17.0. The van der Waals surface area contributed by atoms with Crippen LogP contribution in [0, 0.1) is 0 Å². The molecular formula is C21H24BrNO4. The van der Waals surface area contributed by atoms with Crippen LogP contribution in [0.2, 0.25) is 0 Å². The van der Waals surface area contributed by atoms with E-state index in [9.17, 15) is 9.59 Å². The van der Waals surface area contributed by atoms with E-state index >= 15 is 0 Å². The summed E-state index contributed by atoms with van der Waals surface area (Å²) in [5, 5.41) is 0. The van der Waals surface area contributed by atoms with Crippen molar-refractivity contribution in [1.82, 2.24) is 4.90 Å². The number of esters is 1. The number of amides is 1. The normalized spacial score (nSPS) is 10.3. The van der Waals surface area contributed by atoms with Crippen LogP contribution in [-0.2, 0) is 20.9 Å². The quantitative estimate of drug-likeness (QED) is 0.416. The minimum atomic E-state index is -0.321. The summed E-state index contributed by atoms with van der Waals surface area (Å²) in [7, 11) is 1.35. The molecule has 0 aromatic heterocycles. The van der Waals surface area contributed by atoms with Gasteiger partial charge in [0.15, 0.2) is 0 Å². The highest BCUT2D eigenvalue weighted by Gasteiger charge is 2.15. The number of hydrogen-bond donors (Lipinski definition) is 0. The van der Waals surface area contributed by atoms with Crippen molar-refractivity contribution in [2.24, 2.45) is 0 Å². The van der Waals surface area contributed by atoms with E-state index in [4.69, 9.17) is 4.74 Å². The van der Waals surface area contributed by atoms with Gasteiger partial charge in [-0.1, -0.05) is 42.5 Å². The summed E-state index contributed by atoms with van der Waals surface area (Å²) in [6, 6.07) is 17.3. The molecule has 0 radical (unpaired) electrons. The molecule has 2 aromatic carbocycles.